The fraction of sp³-hybridized carbons (Fsp3) is 0.417. The van der Waals surface area contributed by atoms with E-state index < -0.39 is 0 Å². The molecule has 0 aliphatic carbocycles. The third-order valence-electron chi connectivity index (χ3n) is 2.11. The number of amides is 1. The second kappa shape index (κ2) is 6.00. The normalized spacial score (nSPS) is 9.88. The third kappa shape index (κ3) is 3.15. The minimum absolute atomic E-state index is 0.0946. The zero-order chi connectivity index (χ0) is 12.0. The van der Waals surface area contributed by atoms with Gasteiger partial charge in [-0.1, -0.05) is 6.92 Å². The smallest absolute Gasteiger partial charge is 0.251 e. The van der Waals surface area contributed by atoms with Crippen molar-refractivity contribution in [1.82, 2.24) is 5.32 Å². The first-order valence-corrected chi connectivity index (χ1v) is 5.49. The van der Waals surface area contributed by atoms with E-state index in [4.69, 9.17) is 10.5 Å². The van der Waals surface area contributed by atoms with Crippen LogP contribution >= 0.6 is 0 Å². The van der Waals surface area contributed by atoms with Crippen LogP contribution in [0.4, 0.5) is 5.69 Å². The lowest BCUT2D eigenvalue weighted by Crippen LogP contribution is -2.24. The number of carbonyl (C=O) groups excluding carboxylic acids is 1. The summed E-state index contributed by atoms with van der Waals surface area (Å²) in [6, 6.07) is 5.05. The number of hydrogen-bond donors (Lipinski definition) is 2. The summed E-state index contributed by atoms with van der Waals surface area (Å²) in [5, 5.41) is 2.80. The van der Waals surface area contributed by atoms with E-state index in [2.05, 4.69) is 5.32 Å². The Morgan fingerprint density at radius 2 is 2.19 bits per heavy atom. The molecule has 4 nitrogen and oxygen atoms in total. The molecule has 1 aromatic carbocycles. The first kappa shape index (κ1) is 12.4. The van der Waals surface area contributed by atoms with Crippen molar-refractivity contribution in [2.45, 2.75) is 20.3 Å². The molecule has 0 fully saturated rings. The van der Waals surface area contributed by atoms with Gasteiger partial charge in [-0.3, -0.25) is 4.79 Å². The highest BCUT2D eigenvalue weighted by molar-refractivity contribution is 5.95. The van der Waals surface area contributed by atoms with Crippen LogP contribution in [0, 0.1) is 0 Å². The maximum atomic E-state index is 11.7. The Bertz CT molecular complexity index is 364. The molecular weight excluding hydrogens is 204 g/mol. The molecule has 1 rings (SSSR count). The molecular formula is C12H18N2O2. The summed E-state index contributed by atoms with van der Waals surface area (Å²) in [4.78, 5) is 11.7. The van der Waals surface area contributed by atoms with Crippen LogP contribution in [0.1, 0.15) is 30.6 Å². The number of anilines is 1. The van der Waals surface area contributed by atoms with Gasteiger partial charge in [-0.05, 0) is 31.5 Å². The van der Waals surface area contributed by atoms with Crippen molar-refractivity contribution in [3.05, 3.63) is 23.8 Å². The van der Waals surface area contributed by atoms with Crippen LogP contribution in [0.15, 0.2) is 18.2 Å². The van der Waals surface area contributed by atoms with Crippen LogP contribution in [-0.2, 0) is 0 Å². The lowest BCUT2D eigenvalue weighted by Gasteiger charge is -2.09. The predicted octanol–water partition coefficient (Wildman–Crippen LogP) is 1.81. The molecule has 1 aromatic rings. The van der Waals surface area contributed by atoms with Crippen LogP contribution in [0.5, 0.6) is 5.75 Å². The topological polar surface area (TPSA) is 64.4 Å². The molecule has 0 aromatic heterocycles. The Hall–Kier alpha value is -1.71. The van der Waals surface area contributed by atoms with Crippen molar-refractivity contribution in [1.29, 1.82) is 0 Å². The van der Waals surface area contributed by atoms with Crippen molar-refractivity contribution in [3.63, 3.8) is 0 Å². The average Bonchev–Trinajstić information content (AvgIpc) is 2.29. The van der Waals surface area contributed by atoms with Gasteiger partial charge in [0.1, 0.15) is 5.75 Å². The number of ether oxygens (including phenoxy) is 1. The minimum atomic E-state index is -0.0946. The fourth-order valence-electron chi connectivity index (χ4n) is 1.30. The van der Waals surface area contributed by atoms with Gasteiger partial charge in [-0.15, -0.1) is 0 Å². The summed E-state index contributed by atoms with van der Waals surface area (Å²) in [6.45, 7) is 5.09. The van der Waals surface area contributed by atoms with E-state index in [9.17, 15) is 4.79 Å². The summed E-state index contributed by atoms with van der Waals surface area (Å²) in [5.41, 5.74) is 6.84. The summed E-state index contributed by atoms with van der Waals surface area (Å²) in [6.07, 6.45) is 0.916. The van der Waals surface area contributed by atoms with E-state index in [-0.39, 0.29) is 5.91 Å². The Balaban J connectivity index is 2.81. The van der Waals surface area contributed by atoms with Crippen molar-refractivity contribution >= 4 is 11.6 Å². The molecule has 0 unspecified atom stereocenters. The van der Waals surface area contributed by atoms with Gasteiger partial charge in [0.25, 0.3) is 5.91 Å². The van der Waals surface area contributed by atoms with Gasteiger partial charge in [0.2, 0.25) is 0 Å². The largest absolute Gasteiger partial charge is 0.492 e. The van der Waals surface area contributed by atoms with E-state index >= 15 is 0 Å². The van der Waals surface area contributed by atoms with E-state index in [1.807, 2.05) is 13.8 Å². The monoisotopic (exact) mass is 222 g/mol. The maximum Gasteiger partial charge on any atom is 0.251 e. The van der Waals surface area contributed by atoms with Gasteiger partial charge >= 0.3 is 0 Å². The second-order valence-electron chi connectivity index (χ2n) is 3.44. The Morgan fingerprint density at radius 3 is 2.81 bits per heavy atom. The Kier molecular flexibility index (Phi) is 4.64. The number of rotatable bonds is 5. The molecule has 88 valence electrons. The molecule has 0 aliphatic heterocycles. The highest BCUT2D eigenvalue weighted by Gasteiger charge is 2.08. The number of carbonyl (C=O) groups is 1. The van der Waals surface area contributed by atoms with Crippen molar-refractivity contribution < 1.29 is 9.53 Å². The van der Waals surface area contributed by atoms with E-state index in [1.54, 1.807) is 18.2 Å². The van der Waals surface area contributed by atoms with E-state index in [0.29, 0.717) is 30.2 Å². The second-order valence-corrected chi connectivity index (χ2v) is 3.44. The fourth-order valence-corrected chi connectivity index (χ4v) is 1.30. The van der Waals surface area contributed by atoms with E-state index in [1.165, 1.54) is 0 Å². The molecule has 0 spiro atoms. The van der Waals surface area contributed by atoms with Crippen molar-refractivity contribution in [2.24, 2.45) is 0 Å². The minimum Gasteiger partial charge on any atom is -0.492 e. The average molecular weight is 222 g/mol. The van der Waals surface area contributed by atoms with Gasteiger partial charge < -0.3 is 15.8 Å². The zero-order valence-electron chi connectivity index (χ0n) is 9.75. The van der Waals surface area contributed by atoms with Crippen LogP contribution in [-0.4, -0.2) is 19.1 Å². The molecule has 3 N–H and O–H groups in total. The third-order valence-corrected chi connectivity index (χ3v) is 2.11. The van der Waals surface area contributed by atoms with Crippen molar-refractivity contribution in [2.75, 3.05) is 18.9 Å². The molecule has 0 heterocycles. The summed E-state index contributed by atoms with van der Waals surface area (Å²) < 4.78 is 5.33. The number of nitrogen functional groups attached to an aromatic ring is 1. The quantitative estimate of drug-likeness (QED) is 0.747. The van der Waals surface area contributed by atoms with Crippen LogP contribution in [0.2, 0.25) is 0 Å². The predicted molar refractivity (Wildman–Crippen MR) is 64.6 cm³/mol. The first-order chi connectivity index (χ1) is 7.69. The highest BCUT2D eigenvalue weighted by atomic mass is 16.5. The SMILES string of the molecule is CCCNC(=O)c1ccc(N)c(OCC)c1. The van der Waals surface area contributed by atoms with E-state index in [0.717, 1.165) is 6.42 Å². The van der Waals surface area contributed by atoms with Crippen LogP contribution in [0.25, 0.3) is 0 Å². The van der Waals surface area contributed by atoms with Gasteiger partial charge in [0, 0.05) is 12.1 Å². The molecule has 4 heteroatoms. The first-order valence-electron chi connectivity index (χ1n) is 5.49. The summed E-state index contributed by atoms with van der Waals surface area (Å²) in [7, 11) is 0. The maximum absolute atomic E-state index is 11.7. The molecule has 0 saturated carbocycles. The molecule has 0 atom stereocenters. The molecule has 0 bridgehead atoms. The van der Waals surface area contributed by atoms with Crippen LogP contribution < -0.4 is 15.8 Å². The van der Waals surface area contributed by atoms with Gasteiger partial charge in [-0.2, -0.15) is 0 Å². The highest BCUT2D eigenvalue weighted by Crippen LogP contribution is 2.22. The van der Waals surface area contributed by atoms with Gasteiger partial charge in [0.15, 0.2) is 0 Å². The Morgan fingerprint density at radius 1 is 1.44 bits per heavy atom. The van der Waals surface area contributed by atoms with Crippen LogP contribution in [0.3, 0.4) is 0 Å². The van der Waals surface area contributed by atoms with Crippen molar-refractivity contribution in [3.8, 4) is 5.75 Å². The molecule has 16 heavy (non-hydrogen) atoms. The number of nitrogens with two attached hydrogens (primary N) is 1. The number of nitrogens with one attached hydrogen (secondary N) is 1. The number of hydrogen-bond acceptors (Lipinski definition) is 3. The lowest BCUT2D eigenvalue weighted by atomic mass is 10.1. The summed E-state index contributed by atoms with van der Waals surface area (Å²) >= 11 is 0. The number of benzene rings is 1. The molecule has 0 aliphatic rings. The molecule has 1 amide bonds. The summed E-state index contributed by atoms with van der Waals surface area (Å²) in [5.74, 6) is 0.467. The lowest BCUT2D eigenvalue weighted by molar-refractivity contribution is 0.0953. The molecule has 0 saturated heterocycles. The van der Waals surface area contributed by atoms with Gasteiger partial charge in [0.05, 0.1) is 12.3 Å². The van der Waals surface area contributed by atoms with Gasteiger partial charge in [-0.25, -0.2) is 0 Å². The standard InChI is InChI=1S/C12H18N2O2/c1-3-7-14-12(15)9-5-6-10(13)11(8-9)16-4-2/h5-6,8H,3-4,7,13H2,1-2H3,(H,14,15). The Labute approximate surface area is 95.8 Å². The zero-order valence-corrected chi connectivity index (χ0v) is 9.75. The molecule has 0 radical (unpaired) electrons.